The summed E-state index contributed by atoms with van der Waals surface area (Å²) in [5, 5.41) is 0. The second kappa shape index (κ2) is 6.63. The zero-order chi connectivity index (χ0) is 18.0. The van der Waals surface area contributed by atoms with Gasteiger partial charge in [0.2, 0.25) is 0 Å². The molecule has 0 amide bonds. The lowest BCUT2D eigenvalue weighted by Gasteiger charge is -2.33. The summed E-state index contributed by atoms with van der Waals surface area (Å²) >= 11 is 0. The van der Waals surface area contributed by atoms with Crippen molar-refractivity contribution in [2.75, 3.05) is 7.11 Å². The molecule has 2 aromatic rings. The van der Waals surface area contributed by atoms with E-state index in [1.165, 1.54) is 14.0 Å². The summed E-state index contributed by atoms with van der Waals surface area (Å²) in [6.07, 6.45) is 0.361. The van der Waals surface area contributed by atoms with Gasteiger partial charge in [0.05, 0.1) is 7.11 Å². The van der Waals surface area contributed by atoms with Crippen LogP contribution in [0.2, 0.25) is 0 Å². The third-order valence-corrected chi connectivity index (χ3v) is 4.97. The van der Waals surface area contributed by atoms with E-state index in [2.05, 4.69) is 0 Å². The van der Waals surface area contributed by atoms with Gasteiger partial charge in [0, 0.05) is 17.9 Å². The lowest BCUT2D eigenvalue weighted by Crippen LogP contribution is -2.44. The first-order valence-corrected chi connectivity index (χ1v) is 8.26. The van der Waals surface area contributed by atoms with Crippen molar-refractivity contribution in [3.63, 3.8) is 0 Å². The SMILES string of the molecule is COC(=O)C1(C(CC(C)=O)c2ccccc2)Cc2ccccc2C1=O. The number of hydrogen-bond donors (Lipinski definition) is 0. The maximum Gasteiger partial charge on any atom is 0.320 e. The Labute approximate surface area is 146 Å². The van der Waals surface area contributed by atoms with Crippen LogP contribution in [0, 0.1) is 5.41 Å². The molecule has 0 fully saturated rings. The van der Waals surface area contributed by atoms with Gasteiger partial charge < -0.3 is 9.53 Å². The quantitative estimate of drug-likeness (QED) is 0.620. The lowest BCUT2D eigenvalue weighted by atomic mass is 9.67. The van der Waals surface area contributed by atoms with Crippen molar-refractivity contribution < 1.29 is 19.1 Å². The number of fused-ring (bicyclic) bond motifs is 1. The van der Waals surface area contributed by atoms with Gasteiger partial charge >= 0.3 is 5.97 Å². The molecule has 0 bridgehead atoms. The first kappa shape index (κ1) is 17.1. The van der Waals surface area contributed by atoms with Crippen LogP contribution in [-0.4, -0.2) is 24.6 Å². The first-order chi connectivity index (χ1) is 12.0. The fourth-order valence-electron chi connectivity index (χ4n) is 3.84. The van der Waals surface area contributed by atoms with Crippen molar-refractivity contribution in [2.24, 2.45) is 5.41 Å². The first-order valence-electron chi connectivity index (χ1n) is 8.26. The van der Waals surface area contributed by atoms with Gasteiger partial charge in [-0.1, -0.05) is 54.6 Å². The largest absolute Gasteiger partial charge is 0.468 e. The molecule has 1 aliphatic carbocycles. The minimum Gasteiger partial charge on any atom is -0.468 e. The number of Topliss-reactive ketones (excluding diaryl/α,β-unsaturated/α-hetero) is 2. The van der Waals surface area contributed by atoms with Crippen LogP contribution in [0.3, 0.4) is 0 Å². The van der Waals surface area contributed by atoms with Gasteiger partial charge in [-0.25, -0.2) is 0 Å². The molecule has 3 rings (SSSR count). The predicted molar refractivity (Wildman–Crippen MR) is 93.4 cm³/mol. The van der Waals surface area contributed by atoms with Gasteiger partial charge in [-0.2, -0.15) is 0 Å². The molecule has 2 atom stereocenters. The van der Waals surface area contributed by atoms with Crippen molar-refractivity contribution >= 4 is 17.5 Å². The summed E-state index contributed by atoms with van der Waals surface area (Å²) in [5.41, 5.74) is 0.759. The van der Waals surface area contributed by atoms with E-state index in [9.17, 15) is 14.4 Å². The van der Waals surface area contributed by atoms with E-state index < -0.39 is 17.3 Å². The summed E-state index contributed by atoms with van der Waals surface area (Å²) in [6.45, 7) is 1.48. The molecule has 4 heteroatoms. The van der Waals surface area contributed by atoms with Gasteiger partial charge in [0.25, 0.3) is 0 Å². The highest BCUT2D eigenvalue weighted by Gasteiger charge is 2.57. The second-order valence-corrected chi connectivity index (χ2v) is 6.50. The average Bonchev–Trinajstić information content (AvgIpc) is 2.93. The van der Waals surface area contributed by atoms with Gasteiger partial charge in [0.15, 0.2) is 5.78 Å². The summed E-state index contributed by atoms with van der Waals surface area (Å²) in [7, 11) is 1.29. The van der Waals surface area contributed by atoms with E-state index in [-0.39, 0.29) is 24.4 Å². The normalized spacial score (nSPS) is 20.0. The second-order valence-electron chi connectivity index (χ2n) is 6.50. The number of benzene rings is 2. The van der Waals surface area contributed by atoms with Crippen molar-refractivity contribution in [3.8, 4) is 0 Å². The molecular weight excluding hydrogens is 316 g/mol. The molecule has 2 aromatic carbocycles. The number of esters is 1. The van der Waals surface area contributed by atoms with Gasteiger partial charge in [-0.15, -0.1) is 0 Å². The lowest BCUT2D eigenvalue weighted by molar-refractivity contribution is -0.150. The fraction of sp³-hybridized carbons (Fsp3) is 0.286. The summed E-state index contributed by atoms with van der Waals surface area (Å²) < 4.78 is 5.05. The van der Waals surface area contributed by atoms with Crippen LogP contribution in [0.5, 0.6) is 0 Å². The Balaban J connectivity index is 2.19. The van der Waals surface area contributed by atoms with Crippen LogP contribution in [-0.2, 0) is 20.7 Å². The molecule has 0 spiro atoms. The molecule has 0 N–H and O–H groups in total. The molecule has 1 aliphatic rings. The summed E-state index contributed by atoms with van der Waals surface area (Å²) in [4.78, 5) is 38.1. The smallest absolute Gasteiger partial charge is 0.320 e. The van der Waals surface area contributed by atoms with Crippen molar-refractivity contribution in [1.82, 2.24) is 0 Å². The molecule has 0 radical (unpaired) electrons. The summed E-state index contributed by atoms with van der Waals surface area (Å²) in [5.74, 6) is -1.46. The minimum atomic E-state index is -1.40. The monoisotopic (exact) mass is 336 g/mol. The Bertz CT molecular complexity index is 825. The zero-order valence-corrected chi connectivity index (χ0v) is 14.3. The molecule has 128 valence electrons. The van der Waals surface area contributed by atoms with E-state index in [0.717, 1.165) is 11.1 Å². The van der Waals surface area contributed by atoms with Crippen LogP contribution >= 0.6 is 0 Å². The third kappa shape index (κ3) is 2.78. The Morgan fingerprint density at radius 3 is 2.32 bits per heavy atom. The number of ether oxygens (including phenoxy) is 1. The fourth-order valence-corrected chi connectivity index (χ4v) is 3.84. The maximum atomic E-state index is 13.3. The molecule has 0 aromatic heterocycles. The Morgan fingerprint density at radius 2 is 1.72 bits per heavy atom. The Morgan fingerprint density at radius 1 is 1.08 bits per heavy atom. The van der Waals surface area contributed by atoms with E-state index in [4.69, 9.17) is 4.74 Å². The standard InChI is InChI=1S/C21H20O4/c1-14(22)12-18(15-8-4-3-5-9-15)21(20(24)25-2)13-16-10-6-7-11-17(16)19(21)23/h3-11,18H,12-13H2,1-2H3. The highest BCUT2D eigenvalue weighted by atomic mass is 16.5. The van der Waals surface area contributed by atoms with Gasteiger partial charge in [-0.05, 0) is 24.5 Å². The zero-order valence-electron chi connectivity index (χ0n) is 14.3. The molecular formula is C21H20O4. The van der Waals surface area contributed by atoms with E-state index in [1.54, 1.807) is 12.1 Å². The molecule has 4 nitrogen and oxygen atoms in total. The van der Waals surface area contributed by atoms with Crippen LogP contribution in [0.4, 0.5) is 0 Å². The van der Waals surface area contributed by atoms with Gasteiger partial charge in [-0.3, -0.25) is 9.59 Å². The van der Waals surface area contributed by atoms with Crippen LogP contribution < -0.4 is 0 Å². The highest BCUT2D eigenvalue weighted by Crippen LogP contribution is 2.49. The Kier molecular flexibility index (Phi) is 4.53. The van der Waals surface area contributed by atoms with E-state index in [0.29, 0.717) is 5.56 Å². The maximum absolute atomic E-state index is 13.3. The molecule has 0 heterocycles. The third-order valence-electron chi connectivity index (χ3n) is 4.97. The van der Waals surface area contributed by atoms with Crippen molar-refractivity contribution in [1.29, 1.82) is 0 Å². The summed E-state index contributed by atoms with van der Waals surface area (Å²) in [6, 6.07) is 16.5. The van der Waals surface area contributed by atoms with Gasteiger partial charge in [0.1, 0.15) is 11.2 Å². The number of ketones is 2. The van der Waals surface area contributed by atoms with Crippen molar-refractivity contribution in [2.45, 2.75) is 25.7 Å². The number of methoxy groups -OCH3 is 1. The molecule has 0 saturated heterocycles. The number of carbonyl (C=O) groups excluding carboxylic acids is 3. The number of carbonyl (C=O) groups is 3. The van der Waals surface area contributed by atoms with Crippen LogP contribution in [0.15, 0.2) is 54.6 Å². The molecule has 0 saturated carbocycles. The van der Waals surface area contributed by atoms with Crippen LogP contribution in [0.25, 0.3) is 0 Å². The highest BCUT2D eigenvalue weighted by molar-refractivity contribution is 6.17. The predicted octanol–water partition coefficient (Wildman–Crippen LogP) is 3.35. The molecule has 25 heavy (non-hydrogen) atoms. The number of hydrogen-bond acceptors (Lipinski definition) is 4. The minimum absolute atomic E-state index is 0.0686. The molecule has 2 unspecified atom stereocenters. The van der Waals surface area contributed by atoms with Crippen molar-refractivity contribution in [3.05, 3.63) is 71.3 Å². The van der Waals surface area contributed by atoms with Crippen LogP contribution in [0.1, 0.15) is 40.7 Å². The topological polar surface area (TPSA) is 60.4 Å². The Hall–Kier alpha value is -2.75. The van der Waals surface area contributed by atoms with E-state index in [1.807, 2.05) is 42.5 Å². The average molecular weight is 336 g/mol. The number of rotatable bonds is 5. The molecule has 0 aliphatic heterocycles. The van der Waals surface area contributed by atoms with E-state index >= 15 is 0 Å².